The van der Waals surface area contributed by atoms with E-state index in [-0.39, 0.29) is 26.8 Å². The molecular weight excluding hydrogens is 511 g/mol. The van der Waals surface area contributed by atoms with Crippen LogP contribution < -0.4 is 11.5 Å². The average Bonchev–Trinajstić information content (AvgIpc) is 2.71. The average molecular weight is 544 g/mol. The monoisotopic (exact) mass is 544 g/mol. The predicted octanol–water partition coefficient (Wildman–Crippen LogP) is 4.52. The van der Waals surface area contributed by atoms with Crippen molar-refractivity contribution in [2.75, 3.05) is 24.7 Å². The Hall–Kier alpha value is -2.95. The zero-order valence-corrected chi connectivity index (χ0v) is 18.5. The Morgan fingerprint density at radius 1 is 1.00 bits per heavy atom. The number of rotatable bonds is 5. The molecule has 0 radical (unpaired) electrons. The highest BCUT2D eigenvalue weighted by molar-refractivity contribution is 14.1. The van der Waals surface area contributed by atoms with Crippen molar-refractivity contribution in [2.24, 2.45) is 0 Å². The summed E-state index contributed by atoms with van der Waals surface area (Å²) in [6, 6.07) is 3.60. The normalized spacial score (nSPS) is 8.74. The maximum Gasteiger partial charge on any atom is 0.330 e. The standard InChI is InChI=1S/C10H12N2O2.C5H5IN2.C5H8O2.2CH4/c1-2-14-10(13)4-3-8-5-6-12-7-9(8)11;6-4-1-2-8-3-5(4)7;1-3-5(6)7-4-2;;/h3-7H,2,11H2,1H3;1-3H,7H2;3H,1,4H2,2H3;2*1H4/b4-3+;;;;. The number of halogens is 1. The van der Waals surface area contributed by atoms with E-state index in [9.17, 15) is 9.59 Å². The van der Waals surface area contributed by atoms with Gasteiger partial charge in [0, 0.05) is 33.7 Å². The summed E-state index contributed by atoms with van der Waals surface area (Å²) in [5, 5.41) is 0. The molecule has 0 unspecified atom stereocenters. The Labute approximate surface area is 198 Å². The lowest BCUT2D eigenvalue weighted by atomic mass is 10.2. The summed E-state index contributed by atoms with van der Waals surface area (Å²) in [6.45, 7) is 7.50. The van der Waals surface area contributed by atoms with E-state index in [1.54, 1.807) is 44.6 Å². The largest absolute Gasteiger partial charge is 0.463 e. The molecule has 0 saturated carbocycles. The zero-order valence-electron chi connectivity index (χ0n) is 16.4. The molecule has 31 heavy (non-hydrogen) atoms. The summed E-state index contributed by atoms with van der Waals surface area (Å²) in [4.78, 5) is 28.7. The number of nitrogen functional groups attached to an aromatic ring is 2. The van der Waals surface area contributed by atoms with E-state index in [2.05, 4.69) is 43.9 Å². The second kappa shape index (κ2) is 20.3. The number of carbonyl (C=O) groups is 2. The van der Waals surface area contributed by atoms with Crippen LogP contribution in [0.25, 0.3) is 6.08 Å². The molecule has 0 fully saturated rings. The van der Waals surface area contributed by atoms with Crippen LogP contribution in [0.3, 0.4) is 0 Å². The molecule has 0 saturated heterocycles. The Morgan fingerprint density at radius 2 is 1.52 bits per heavy atom. The molecule has 2 aromatic heterocycles. The summed E-state index contributed by atoms with van der Waals surface area (Å²) < 4.78 is 10.2. The maximum atomic E-state index is 11.0. The van der Waals surface area contributed by atoms with Crippen LogP contribution >= 0.6 is 22.6 Å². The third kappa shape index (κ3) is 16.5. The van der Waals surface area contributed by atoms with E-state index in [1.807, 2.05) is 6.07 Å². The van der Waals surface area contributed by atoms with Crippen molar-refractivity contribution in [2.45, 2.75) is 28.7 Å². The van der Waals surface area contributed by atoms with Crippen molar-refractivity contribution in [1.82, 2.24) is 9.97 Å². The zero-order chi connectivity index (χ0) is 22.1. The first-order chi connectivity index (χ1) is 13.8. The van der Waals surface area contributed by atoms with E-state index >= 15 is 0 Å². The van der Waals surface area contributed by atoms with Gasteiger partial charge in [0.15, 0.2) is 0 Å². The number of nitrogens with two attached hydrogens (primary N) is 2. The fraction of sp³-hybridized carbons (Fsp3) is 0.273. The molecule has 9 heteroatoms. The topological polar surface area (TPSA) is 130 Å². The Morgan fingerprint density at radius 3 is 1.90 bits per heavy atom. The lowest BCUT2D eigenvalue weighted by molar-refractivity contribution is -0.138. The molecule has 0 aliphatic heterocycles. The van der Waals surface area contributed by atoms with Gasteiger partial charge in [-0.2, -0.15) is 0 Å². The van der Waals surface area contributed by atoms with Gasteiger partial charge in [0.25, 0.3) is 0 Å². The molecule has 0 amide bonds. The first-order valence-electron chi connectivity index (χ1n) is 8.54. The van der Waals surface area contributed by atoms with Crippen molar-refractivity contribution in [1.29, 1.82) is 0 Å². The van der Waals surface area contributed by atoms with E-state index < -0.39 is 0 Å². The van der Waals surface area contributed by atoms with Gasteiger partial charge in [-0.3, -0.25) is 9.97 Å². The lowest BCUT2D eigenvalue weighted by Gasteiger charge is -1.98. The van der Waals surface area contributed by atoms with Gasteiger partial charge < -0.3 is 20.9 Å². The number of pyridine rings is 2. The summed E-state index contributed by atoms with van der Waals surface area (Å²) in [5.41, 5.74) is 13.1. The van der Waals surface area contributed by atoms with Gasteiger partial charge >= 0.3 is 11.9 Å². The van der Waals surface area contributed by atoms with E-state index in [1.165, 1.54) is 12.3 Å². The molecule has 172 valence electrons. The van der Waals surface area contributed by atoms with E-state index in [0.29, 0.717) is 18.9 Å². The summed E-state index contributed by atoms with van der Waals surface area (Å²) >= 11 is 2.16. The number of ether oxygens (including phenoxy) is 2. The Balaban J connectivity index is -0.000000398. The van der Waals surface area contributed by atoms with E-state index in [0.717, 1.165) is 20.9 Å². The third-order valence-electron chi connectivity index (χ3n) is 2.82. The number of anilines is 2. The summed E-state index contributed by atoms with van der Waals surface area (Å²) in [6.07, 6.45) is 10.6. The van der Waals surface area contributed by atoms with Gasteiger partial charge in [-0.05, 0) is 54.6 Å². The molecule has 0 spiro atoms. The summed E-state index contributed by atoms with van der Waals surface area (Å²) in [7, 11) is 0. The number of carbonyl (C=O) groups excluding carboxylic acids is 2. The fourth-order valence-electron chi connectivity index (χ4n) is 1.51. The van der Waals surface area contributed by atoms with Crippen molar-refractivity contribution in [3.8, 4) is 0 Å². The van der Waals surface area contributed by atoms with E-state index in [4.69, 9.17) is 16.2 Å². The number of esters is 2. The van der Waals surface area contributed by atoms with Crippen LogP contribution in [0.4, 0.5) is 11.4 Å². The molecule has 8 nitrogen and oxygen atoms in total. The van der Waals surface area contributed by atoms with Crippen molar-refractivity contribution in [3.05, 3.63) is 64.8 Å². The minimum Gasteiger partial charge on any atom is -0.463 e. The van der Waals surface area contributed by atoms with Crippen LogP contribution in [0.2, 0.25) is 0 Å². The lowest BCUT2D eigenvalue weighted by Crippen LogP contribution is -1.99. The van der Waals surface area contributed by atoms with Crippen molar-refractivity contribution in [3.63, 3.8) is 0 Å². The third-order valence-corrected chi connectivity index (χ3v) is 3.80. The summed E-state index contributed by atoms with van der Waals surface area (Å²) in [5.74, 6) is -0.730. The van der Waals surface area contributed by atoms with Crippen LogP contribution in [-0.4, -0.2) is 35.1 Å². The first-order valence-corrected chi connectivity index (χ1v) is 9.61. The number of hydrogen-bond donors (Lipinski definition) is 2. The maximum absolute atomic E-state index is 11.0. The van der Waals surface area contributed by atoms with Crippen LogP contribution in [0.15, 0.2) is 55.7 Å². The highest BCUT2D eigenvalue weighted by Crippen LogP contribution is 2.10. The fourth-order valence-corrected chi connectivity index (χ4v) is 1.81. The second-order valence-corrected chi connectivity index (χ2v) is 6.11. The van der Waals surface area contributed by atoms with Gasteiger partial charge in [-0.25, -0.2) is 9.59 Å². The SMILES string of the molecule is C.C.C=CC(=O)OCC.CCOC(=O)/C=C/c1ccncc1N.Nc1cnccc1I. The number of nitrogens with zero attached hydrogens (tertiary/aromatic N) is 2. The predicted molar refractivity (Wildman–Crippen MR) is 136 cm³/mol. The van der Waals surface area contributed by atoms with Gasteiger partial charge in [0.05, 0.1) is 37.0 Å². The molecular formula is C22H33IN4O4. The quantitative estimate of drug-likeness (QED) is 0.319. The second-order valence-electron chi connectivity index (χ2n) is 4.94. The minimum absolute atomic E-state index is 0. The molecule has 0 aromatic carbocycles. The smallest absolute Gasteiger partial charge is 0.330 e. The minimum atomic E-state index is -0.372. The van der Waals surface area contributed by atoms with Crippen molar-refractivity contribution >= 4 is 52.0 Å². The molecule has 2 rings (SSSR count). The van der Waals surface area contributed by atoms with Crippen LogP contribution in [-0.2, 0) is 19.1 Å². The molecule has 0 bridgehead atoms. The molecule has 4 N–H and O–H groups in total. The highest BCUT2D eigenvalue weighted by Gasteiger charge is 1.96. The molecule has 2 heterocycles. The highest BCUT2D eigenvalue weighted by atomic mass is 127. The molecule has 0 aliphatic carbocycles. The van der Waals surface area contributed by atoms with Gasteiger partial charge in [-0.15, -0.1) is 0 Å². The van der Waals surface area contributed by atoms with Crippen molar-refractivity contribution < 1.29 is 19.1 Å². The number of aromatic nitrogens is 2. The molecule has 2 aromatic rings. The van der Waals surface area contributed by atoms with Crippen LogP contribution in [0.5, 0.6) is 0 Å². The number of hydrogen-bond acceptors (Lipinski definition) is 8. The first kappa shape index (κ1) is 32.7. The molecule has 0 aliphatic rings. The van der Waals surface area contributed by atoms with Crippen LogP contribution in [0.1, 0.15) is 34.3 Å². The van der Waals surface area contributed by atoms with Gasteiger partial charge in [-0.1, -0.05) is 21.4 Å². The Bertz CT molecular complexity index is 793. The van der Waals surface area contributed by atoms with Crippen LogP contribution in [0, 0.1) is 3.57 Å². The molecule has 0 atom stereocenters. The van der Waals surface area contributed by atoms with Gasteiger partial charge in [0.1, 0.15) is 0 Å². The Kier molecular flexibility index (Phi) is 21.4. The van der Waals surface area contributed by atoms with Gasteiger partial charge in [0.2, 0.25) is 0 Å².